The lowest BCUT2D eigenvalue weighted by atomic mass is 10.1. The van der Waals surface area contributed by atoms with E-state index in [1.807, 2.05) is 13.8 Å². The predicted molar refractivity (Wildman–Crippen MR) is 85.2 cm³/mol. The van der Waals surface area contributed by atoms with Crippen molar-refractivity contribution in [2.75, 3.05) is 18.0 Å². The molecule has 1 aromatic rings. The van der Waals surface area contributed by atoms with Crippen molar-refractivity contribution in [2.24, 2.45) is 0 Å². The van der Waals surface area contributed by atoms with Gasteiger partial charge >= 0.3 is 5.97 Å². The Kier molecular flexibility index (Phi) is 6.99. The number of carboxylic acid groups (broad SMARTS) is 1. The van der Waals surface area contributed by atoms with Crippen molar-refractivity contribution in [2.45, 2.75) is 59.3 Å². The van der Waals surface area contributed by atoms with Gasteiger partial charge in [-0.3, -0.25) is 0 Å². The summed E-state index contributed by atoms with van der Waals surface area (Å²) in [6.07, 6.45) is 4.50. The fourth-order valence-electron chi connectivity index (χ4n) is 2.00. The summed E-state index contributed by atoms with van der Waals surface area (Å²) < 4.78 is 0. The minimum atomic E-state index is -0.858. The highest BCUT2D eigenvalue weighted by Crippen LogP contribution is 2.31. The van der Waals surface area contributed by atoms with Crippen LogP contribution in [0.5, 0.6) is 0 Å². The first-order valence-electron chi connectivity index (χ1n) is 7.50. The van der Waals surface area contributed by atoms with Gasteiger partial charge in [0.15, 0.2) is 5.13 Å². The lowest BCUT2D eigenvalue weighted by molar-refractivity contribution is 0.0700. The van der Waals surface area contributed by atoms with Gasteiger partial charge in [-0.2, -0.15) is 0 Å². The third-order valence-corrected chi connectivity index (χ3v) is 4.34. The number of rotatable bonds is 9. The summed E-state index contributed by atoms with van der Waals surface area (Å²) >= 11 is 1.32. The Morgan fingerprint density at radius 3 is 2.15 bits per heavy atom. The van der Waals surface area contributed by atoms with Crippen LogP contribution in [0.3, 0.4) is 0 Å². The molecule has 20 heavy (non-hydrogen) atoms. The van der Waals surface area contributed by atoms with E-state index < -0.39 is 5.97 Å². The van der Waals surface area contributed by atoms with Crippen LogP contribution in [0.25, 0.3) is 0 Å². The lowest BCUT2D eigenvalue weighted by Crippen LogP contribution is -2.25. The van der Waals surface area contributed by atoms with Crippen LogP contribution in [0.15, 0.2) is 0 Å². The second kappa shape index (κ2) is 8.25. The fraction of sp³-hybridized carbons (Fsp3) is 0.733. The number of thiazole rings is 1. The zero-order valence-electron chi connectivity index (χ0n) is 13.0. The normalized spacial score (nSPS) is 11.1. The highest BCUT2D eigenvalue weighted by molar-refractivity contribution is 7.17. The zero-order valence-corrected chi connectivity index (χ0v) is 13.8. The quantitative estimate of drug-likeness (QED) is 0.735. The molecular weight excluding hydrogens is 272 g/mol. The topological polar surface area (TPSA) is 53.4 Å². The molecular formula is C15H26N2O2S. The molecule has 0 radical (unpaired) electrons. The second-order valence-electron chi connectivity index (χ2n) is 5.36. The van der Waals surface area contributed by atoms with Crippen molar-refractivity contribution < 1.29 is 9.90 Å². The summed E-state index contributed by atoms with van der Waals surface area (Å²) in [6, 6.07) is 0. The SMILES string of the molecule is CCCCN(CCCC)c1nc(C(C)C)c(C(=O)O)s1. The monoisotopic (exact) mass is 298 g/mol. The van der Waals surface area contributed by atoms with E-state index in [1.165, 1.54) is 11.3 Å². The number of anilines is 1. The first-order valence-corrected chi connectivity index (χ1v) is 8.31. The van der Waals surface area contributed by atoms with Crippen LogP contribution in [0, 0.1) is 0 Å². The van der Waals surface area contributed by atoms with Crippen LogP contribution >= 0.6 is 11.3 Å². The molecule has 1 aromatic heterocycles. The van der Waals surface area contributed by atoms with Crippen molar-refractivity contribution in [3.8, 4) is 0 Å². The smallest absolute Gasteiger partial charge is 0.347 e. The molecule has 1 N–H and O–H groups in total. The molecule has 0 saturated heterocycles. The molecule has 0 amide bonds. The Morgan fingerprint density at radius 2 is 1.80 bits per heavy atom. The fourth-order valence-corrected chi connectivity index (χ4v) is 3.11. The molecule has 0 aliphatic carbocycles. The van der Waals surface area contributed by atoms with Gasteiger partial charge < -0.3 is 10.0 Å². The molecule has 0 fully saturated rings. The summed E-state index contributed by atoms with van der Waals surface area (Å²) in [5.41, 5.74) is 0.718. The zero-order chi connectivity index (χ0) is 15.1. The van der Waals surface area contributed by atoms with Gasteiger partial charge in [-0.15, -0.1) is 0 Å². The standard InChI is InChI=1S/C15H26N2O2S/c1-5-7-9-17(10-8-6-2)15-16-12(11(3)4)13(20-15)14(18)19/h11H,5-10H2,1-4H3,(H,18,19). The van der Waals surface area contributed by atoms with E-state index in [0.717, 1.165) is 49.6 Å². The summed E-state index contributed by atoms with van der Waals surface area (Å²) in [5, 5.41) is 10.2. The maximum Gasteiger partial charge on any atom is 0.347 e. The molecule has 0 aliphatic rings. The molecule has 1 heterocycles. The molecule has 0 unspecified atom stereocenters. The number of unbranched alkanes of at least 4 members (excludes halogenated alkanes) is 2. The number of carbonyl (C=O) groups is 1. The number of aromatic nitrogens is 1. The number of hydrogen-bond acceptors (Lipinski definition) is 4. The van der Waals surface area contributed by atoms with Crippen molar-refractivity contribution in [3.05, 3.63) is 10.6 Å². The summed E-state index contributed by atoms with van der Waals surface area (Å²) in [5.74, 6) is -0.714. The number of carboxylic acids is 1. The van der Waals surface area contributed by atoms with Crippen molar-refractivity contribution in [1.29, 1.82) is 0 Å². The molecule has 0 spiro atoms. The maximum absolute atomic E-state index is 11.3. The first-order chi connectivity index (χ1) is 9.51. The van der Waals surface area contributed by atoms with Crippen LogP contribution in [-0.2, 0) is 0 Å². The van der Waals surface area contributed by atoms with Gasteiger partial charge in [0.1, 0.15) is 4.88 Å². The molecule has 1 rings (SSSR count). The lowest BCUT2D eigenvalue weighted by Gasteiger charge is -2.21. The Labute approximate surface area is 125 Å². The Hall–Kier alpha value is -1.10. The van der Waals surface area contributed by atoms with Gasteiger partial charge in [-0.1, -0.05) is 51.9 Å². The van der Waals surface area contributed by atoms with Gasteiger partial charge in [0.05, 0.1) is 5.69 Å². The molecule has 5 heteroatoms. The van der Waals surface area contributed by atoms with E-state index in [2.05, 4.69) is 23.7 Å². The maximum atomic E-state index is 11.3. The summed E-state index contributed by atoms with van der Waals surface area (Å²) in [6.45, 7) is 10.2. The third-order valence-electron chi connectivity index (χ3n) is 3.22. The van der Waals surface area contributed by atoms with Gasteiger partial charge in [0.25, 0.3) is 0 Å². The predicted octanol–water partition coefficient (Wildman–Crippen LogP) is 4.37. The molecule has 0 saturated carbocycles. The van der Waals surface area contributed by atoms with Gasteiger partial charge in [-0.25, -0.2) is 9.78 Å². The van der Waals surface area contributed by atoms with Crippen molar-refractivity contribution in [3.63, 3.8) is 0 Å². The molecule has 0 aliphatic heterocycles. The summed E-state index contributed by atoms with van der Waals surface area (Å²) in [4.78, 5) is 18.6. The third kappa shape index (κ3) is 4.47. The van der Waals surface area contributed by atoms with Crippen LogP contribution in [0.2, 0.25) is 0 Å². The van der Waals surface area contributed by atoms with Crippen LogP contribution in [0.4, 0.5) is 5.13 Å². The van der Waals surface area contributed by atoms with Crippen molar-refractivity contribution >= 4 is 22.4 Å². The molecule has 0 atom stereocenters. The van der Waals surface area contributed by atoms with Gasteiger partial charge in [0, 0.05) is 13.1 Å². The second-order valence-corrected chi connectivity index (χ2v) is 6.34. The highest BCUT2D eigenvalue weighted by atomic mass is 32.1. The molecule has 0 aromatic carbocycles. The van der Waals surface area contributed by atoms with E-state index in [0.29, 0.717) is 4.88 Å². The van der Waals surface area contributed by atoms with Gasteiger partial charge in [-0.05, 0) is 18.8 Å². The van der Waals surface area contributed by atoms with Gasteiger partial charge in [0.2, 0.25) is 0 Å². The number of hydrogen-bond donors (Lipinski definition) is 1. The average Bonchev–Trinajstić information content (AvgIpc) is 2.84. The molecule has 4 nitrogen and oxygen atoms in total. The van der Waals surface area contributed by atoms with E-state index in [9.17, 15) is 9.90 Å². The Morgan fingerprint density at radius 1 is 1.25 bits per heavy atom. The van der Waals surface area contributed by atoms with E-state index in [1.54, 1.807) is 0 Å². The van der Waals surface area contributed by atoms with Crippen LogP contribution in [-0.4, -0.2) is 29.1 Å². The average molecular weight is 298 g/mol. The Balaban J connectivity index is 2.99. The van der Waals surface area contributed by atoms with E-state index >= 15 is 0 Å². The number of nitrogens with zero attached hydrogens (tertiary/aromatic N) is 2. The Bertz CT molecular complexity index is 422. The minimum absolute atomic E-state index is 0.144. The molecule has 0 bridgehead atoms. The minimum Gasteiger partial charge on any atom is -0.477 e. The summed E-state index contributed by atoms with van der Waals surface area (Å²) in [7, 11) is 0. The number of aromatic carboxylic acids is 1. The molecule has 114 valence electrons. The van der Waals surface area contributed by atoms with Crippen molar-refractivity contribution in [1.82, 2.24) is 4.98 Å². The van der Waals surface area contributed by atoms with E-state index in [4.69, 9.17) is 0 Å². The highest BCUT2D eigenvalue weighted by Gasteiger charge is 2.22. The largest absolute Gasteiger partial charge is 0.477 e. The van der Waals surface area contributed by atoms with Crippen LogP contribution in [0.1, 0.15) is 74.7 Å². The first kappa shape index (κ1) is 17.0. The van der Waals surface area contributed by atoms with Crippen LogP contribution < -0.4 is 4.90 Å². The van der Waals surface area contributed by atoms with E-state index in [-0.39, 0.29) is 5.92 Å².